The molecule has 25 heavy (non-hydrogen) atoms. The van der Waals surface area contributed by atoms with Gasteiger partial charge in [-0.15, -0.1) is 0 Å². The zero-order chi connectivity index (χ0) is 17.8. The van der Waals surface area contributed by atoms with E-state index in [1.165, 1.54) is 6.07 Å². The molecule has 0 aliphatic heterocycles. The fourth-order valence-electron chi connectivity index (χ4n) is 2.60. The topological polar surface area (TPSA) is 50.7 Å². The number of aliphatic imine (C=N–C) groups is 1. The van der Waals surface area contributed by atoms with Crippen molar-refractivity contribution in [3.8, 4) is 0 Å². The van der Waals surface area contributed by atoms with E-state index in [0.29, 0.717) is 17.5 Å². The highest BCUT2D eigenvalue weighted by atomic mass is 79.9. The summed E-state index contributed by atoms with van der Waals surface area (Å²) in [6.45, 7) is 0. The average molecular weight is 405 g/mol. The summed E-state index contributed by atoms with van der Waals surface area (Å²) in [4.78, 5) is 16.1. The Balaban J connectivity index is 1.54. The fraction of sp³-hybridized carbons (Fsp3) is 0.263. The third-order valence-electron chi connectivity index (χ3n) is 4.07. The molecule has 1 fully saturated rings. The zero-order valence-electron chi connectivity index (χ0n) is 13.7. The van der Waals surface area contributed by atoms with E-state index in [1.54, 1.807) is 43.4 Å². The number of halogens is 2. The lowest BCUT2D eigenvalue weighted by Gasteiger charge is -2.10. The second-order valence-electron chi connectivity index (χ2n) is 5.94. The van der Waals surface area contributed by atoms with Gasteiger partial charge in [0.25, 0.3) is 11.9 Å². The van der Waals surface area contributed by atoms with Crippen LogP contribution in [0.5, 0.6) is 0 Å². The van der Waals surface area contributed by atoms with Crippen molar-refractivity contribution in [1.29, 1.82) is 0 Å². The molecule has 0 radical (unpaired) electrons. The molecule has 1 amide bonds. The number of nitrogens with zero attached hydrogens (tertiary/aromatic N) is 1. The van der Waals surface area contributed by atoms with Gasteiger partial charge in [-0.2, -0.15) is 0 Å². The summed E-state index contributed by atoms with van der Waals surface area (Å²) in [5.41, 5.74) is 1.20. The summed E-state index contributed by atoms with van der Waals surface area (Å²) in [7, 11) is 1.56. The van der Waals surface area contributed by atoms with Crippen molar-refractivity contribution < 1.29 is 13.9 Å². The molecule has 0 saturated heterocycles. The molecule has 130 valence electrons. The van der Waals surface area contributed by atoms with Crippen LogP contribution in [-0.2, 0) is 11.2 Å². The van der Waals surface area contributed by atoms with E-state index in [1.807, 2.05) is 6.07 Å². The second kappa shape index (κ2) is 7.78. The van der Waals surface area contributed by atoms with Gasteiger partial charge in [0.2, 0.25) is 0 Å². The predicted molar refractivity (Wildman–Crippen MR) is 98.1 cm³/mol. The lowest BCUT2D eigenvalue weighted by molar-refractivity contribution is 0.0963. The third kappa shape index (κ3) is 4.66. The minimum Gasteiger partial charge on any atom is -0.461 e. The molecule has 0 aromatic heterocycles. The molecule has 1 saturated carbocycles. The van der Waals surface area contributed by atoms with Gasteiger partial charge in [-0.1, -0.05) is 34.1 Å². The molecule has 1 aliphatic carbocycles. The van der Waals surface area contributed by atoms with Crippen LogP contribution >= 0.6 is 15.9 Å². The molecule has 3 rings (SSSR count). The van der Waals surface area contributed by atoms with E-state index in [4.69, 9.17) is 4.74 Å². The monoisotopic (exact) mass is 404 g/mol. The van der Waals surface area contributed by atoms with Crippen molar-refractivity contribution in [2.45, 2.75) is 18.9 Å². The van der Waals surface area contributed by atoms with Crippen LogP contribution in [-0.4, -0.2) is 25.1 Å². The van der Waals surface area contributed by atoms with Gasteiger partial charge in [0.05, 0.1) is 0 Å². The van der Waals surface area contributed by atoms with Gasteiger partial charge in [-0.3, -0.25) is 10.1 Å². The predicted octanol–water partition coefficient (Wildman–Crippen LogP) is 3.95. The molecule has 4 nitrogen and oxygen atoms in total. The smallest absolute Gasteiger partial charge is 0.291 e. The quantitative estimate of drug-likeness (QED) is 0.619. The lowest BCUT2D eigenvalue weighted by atomic mass is 10.1. The van der Waals surface area contributed by atoms with Gasteiger partial charge < -0.3 is 4.74 Å². The van der Waals surface area contributed by atoms with Crippen molar-refractivity contribution in [2.75, 3.05) is 7.05 Å². The molecule has 0 heterocycles. The van der Waals surface area contributed by atoms with Crippen LogP contribution in [0.15, 0.2) is 58.0 Å². The van der Waals surface area contributed by atoms with Gasteiger partial charge in [-0.05, 0) is 48.7 Å². The Bertz CT molecular complexity index is 795. The van der Waals surface area contributed by atoms with E-state index in [0.717, 1.165) is 10.9 Å². The maximum atomic E-state index is 13.8. The van der Waals surface area contributed by atoms with Gasteiger partial charge in [0.15, 0.2) is 0 Å². The first kappa shape index (κ1) is 17.6. The highest BCUT2D eigenvalue weighted by molar-refractivity contribution is 9.10. The van der Waals surface area contributed by atoms with Gasteiger partial charge >= 0.3 is 0 Å². The SMILES string of the molecule is CN=C(NC(=O)c1ccccc1)O[C@@H]1C[C@@H]1Cc1cc(Br)ccc1F. The Labute approximate surface area is 154 Å². The Kier molecular flexibility index (Phi) is 5.48. The standard InChI is InChI=1S/C19H18BrFN2O2/c1-22-19(23-18(24)12-5-3-2-4-6-12)25-17-11-14(17)9-13-10-15(20)7-8-16(13)21/h2-8,10,14,17H,9,11H2,1H3,(H,22,23,24)/t14-,17+/m0/s1. The van der Waals surface area contributed by atoms with Gasteiger partial charge in [0.1, 0.15) is 11.9 Å². The number of ether oxygens (including phenoxy) is 1. The van der Waals surface area contributed by atoms with E-state index in [2.05, 4.69) is 26.2 Å². The summed E-state index contributed by atoms with van der Waals surface area (Å²) in [5, 5.41) is 2.67. The van der Waals surface area contributed by atoms with E-state index in [9.17, 15) is 9.18 Å². The minimum absolute atomic E-state index is 0.0619. The maximum absolute atomic E-state index is 13.8. The van der Waals surface area contributed by atoms with Crippen LogP contribution < -0.4 is 5.32 Å². The van der Waals surface area contributed by atoms with E-state index < -0.39 is 0 Å². The molecular weight excluding hydrogens is 387 g/mol. The van der Waals surface area contributed by atoms with Crippen LogP contribution in [0.3, 0.4) is 0 Å². The van der Waals surface area contributed by atoms with Crippen molar-refractivity contribution in [3.05, 3.63) is 69.9 Å². The molecule has 0 spiro atoms. The first-order valence-corrected chi connectivity index (χ1v) is 8.80. The first-order valence-electron chi connectivity index (χ1n) is 8.00. The summed E-state index contributed by atoms with van der Waals surface area (Å²) in [6, 6.07) is 14.0. The molecule has 1 aliphatic rings. The number of hydrogen-bond acceptors (Lipinski definition) is 3. The van der Waals surface area contributed by atoms with E-state index >= 15 is 0 Å². The Hall–Kier alpha value is -2.21. The fourth-order valence-corrected chi connectivity index (χ4v) is 3.01. The Morgan fingerprint density at radius 2 is 2.08 bits per heavy atom. The number of amides is 1. The molecule has 0 bridgehead atoms. The maximum Gasteiger partial charge on any atom is 0.291 e. The summed E-state index contributed by atoms with van der Waals surface area (Å²) in [5.74, 6) is -0.263. The summed E-state index contributed by atoms with van der Waals surface area (Å²) < 4.78 is 20.4. The van der Waals surface area contributed by atoms with Crippen LogP contribution in [0.2, 0.25) is 0 Å². The summed E-state index contributed by atoms with van der Waals surface area (Å²) in [6.07, 6.45) is 1.35. The number of nitrogens with one attached hydrogen (secondary N) is 1. The highest BCUT2D eigenvalue weighted by Crippen LogP contribution is 2.37. The summed E-state index contributed by atoms with van der Waals surface area (Å²) >= 11 is 3.36. The van der Waals surface area contributed by atoms with Crippen LogP contribution in [0, 0.1) is 11.7 Å². The minimum atomic E-state index is -0.267. The normalized spacial score (nSPS) is 19.4. The highest BCUT2D eigenvalue weighted by Gasteiger charge is 2.40. The largest absolute Gasteiger partial charge is 0.461 e. The number of amidine groups is 1. The average Bonchev–Trinajstić information content (AvgIpc) is 3.35. The van der Waals surface area contributed by atoms with Gasteiger partial charge in [-0.25, -0.2) is 9.38 Å². The number of carbonyl (C=O) groups is 1. The van der Waals surface area contributed by atoms with Crippen LogP contribution in [0.4, 0.5) is 4.39 Å². The molecule has 2 aromatic carbocycles. The number of hydrogen-bond donors (Lipinski definition) is 1. The van der Waals surface area contributed by atoms with Crippen LogP contribution in [0.25, 0.3) is 0 Å². The second-order valence-corrected chi connectivity index (χ2v) is 6.86. The Morgan fingerprint density at radius 3 is 2.80 bits per heavy atom. The Morgan fingerprint density at radius 1 is 1.32 bits per heavy atom. The number of rotatable bonds is 4. The van der Waals surface area contributed by atoms with Crippen molar-refractivity contribution in [3.63, 3.8) is 0 Å². The van der Waals surface area contributed by atoms with E-state index in [-0.39, 0.29) is 29.8 Å². The molecule has 6 heteroatoms. The number of benzene rings is 2. The first-order chi connectivity index (χ1) is 12.1. The van der Waals surface area contributed by atoms with Crippen molar-refractivity contribution in [1.82, 2.24) is 5.32 Å². The molecule has 1 N–H and O–H groups in total. The molecular formula is C19H18BrFN2O2. The molecule has 2 atom stereocenters. The van der Waals surface area contributed by atoms with Crippen molar-refractivity contribution >= 4 is 27.9 Å². The van der Waals surface area contributed by atoms with Crippen molar-refractivity contribution in [2.24, 2.45) is 10.9 Å². The third-order valence-corrected chi connectivity index (χ3v) is 4.56. The molecule has 2 aromatic rings. The van der Waals surface area contributed by atoms with Crippen LogP contribution in [0.1, 0.15) is 22.3 Å². The lowest BCUT2D eigenvalue weighted by Crippen LogP contribution is -2.33. The van der Waals surface area contributed by atoms with Gasteiger partial charge in [0, 0.05) is 23.0 Å². The zero-order valence-corrected chi connectivity index (χ0v) is 15.3. The number of carbonyl (C=O) groups excluding carboxylic acids is 1. The molecule has 0 unspecified atom stereocenters.